The smallest absolute Gasteiger partial charge is 0.429 e. The zero-order valence-electron chi connectivity index (χ0n) is 11.1. The maximum atomic E-state index is 11.9. The first kappa shape index (κ1) is 17.0. The van der Waals surface area contributed by atoms with E-state index in [0.29, 0.717) is 0 Å². The van der Waals surface area contributed by atoms with Crippen molar-refractivity contribution in [3.05, 3.63) is 30.1 Å². The van der Waals surface area contributed by atoms with E-state index in [1.165, 1.54) is 24.5 Å². The summed E-state index contributed by atoms with van der Waals surface area (Å²) in [7, 11) is -4.97. The van der Waals surface area contributed by atoms with E-state index in [0.717, 1.165) is 0 Å². The molecule has 1 aliphatic rings. The molecule has 1 saturated heterocycles. The normalized spacial score (nSPS) is 28.5. The molecule has 0 amide bonds. The first-order chi connectivity index (χ1) is 10.3. The lowest BCUT2D eigenvalue weighted by Gasteiger charge is -2.20. The molecular weight excluding hydrogens is 321 g/mol. The second-order valence-electron chi connectivity index (χ2n) is 4.42. The monoisotopic (exact) mass is 335 g/mol. The number of phosphoric acid groups is 1. The van der Waals surface area contributed by atoms with Gasteiger partial charge in [-0.05, 0) is 12.1 Å². The van der Waals surface area contributed by atoms with E-state index in [4.69, 9.17) is 24.4 Å². The van der Waals surface area contributed by atoms with Gasteiger partial charge >= 0.3 is 13.8 Å². The Morgan fingerprint density at radius 3 is 2.73 bits per heavy atom. The van der Waals surface area contributed by atoms with Crippen molar-refractivity contribution in [1.29, 1.82) is 0 Å². The summed E-state index contributed by atoms with van der Waals surface area (Å²) in [6.07, 6.45) is -3.36. The summed E-state index contributed by atoms with van der Waals surface area (Å²) in [6, 6.07) is 2.89. The first-order valence-electron chi connectivity index (χ1n) is 6.11. The molecule has 11 heteroatoms. The molecule has 0 aliphatic carbocycles. The van der Waals surface area contributed by atoms with Gasteiger partial charge in [-0.2, -0.15) is 0 Å². The first-order valence-corrected chi connectivity index (χ1v) is 7.64. The second kappa shape index (κ2) is 6.80. The molecule has 4 N–H and O–H groups in total. The summed E-state index contributed by atoms with van der Waals surface area (Å²) in [4.78, 5) is 33.3. The Balaban J connectivity index is 2.13. The number of ether oxygens (including phenoxy) is 2. The minimum atomic E-state index is -4.97. The van der Waals surface area contributed by atoms with Gasteiger partial charge in [0.2, 0.25) is 6.29 Å². The molecule has 1 unspecified atom stereocenters. The molecule has 0 bridgehead atoms. The van der Waals surface area contributed by atoms with Crippen LogP contribution in [0.1, 0.15) is 10.4 Å². The molecule has 122 valence electrons. The third kappa shape index (κ3) is 4.08. The summed E-state index contributed by atoms with van der Waals surface area (Å²) >= 11 is 0. The summed E-state index contributed by atoms with van der Waals surface area (Å²) in [6.45, 7) is -0.650. The third-order valence-corrected chi connectivity index (χ3v) is 3.37. The number of rotatable bonds is 5. The highest BCUT2D eigenvalue weighted by Gasteiger charge is 2.49. The van der Waals surface area contributed by atoms with Crippen LogP contribution >= 0.6 is 7.82 Å². The number of nitrogens with zero attached hydrogens (tertiary/aromatic N) is 1. The molecule has 22 heavy (non-hydrogen) atoms. The van der Waals surface area contributed by atoms with Gasteiger partial charge < -0.3 is 29.5 Å². The lowest BCUT2D eigenvalue weighted by atomic mass is 10.1. The third-order valence-electron chi connectivity index (χ3n) is 2.85. The molecule has 0 radical (unpaired) electrons. The molecule has 1 aliphatic heterocycles. The van der Waals surface area contributed by atoms with E-state index < -0.39 is 45.0 Å². The fourth-order valence-corrected chi connectivity index (χ4v) is 2.42. The number of aliphatic hydroxyl groups is 2. The Labute approximate surface area is 124 Å². The Morgan fingerprint density at radius 1 is 1.45 bits per heavy atom. The quantitative estimate of drug-likeness (QED) is 0.380. The lowest BCUT2D eigenvalue weighted by Crippen LogP contribution is -2.37. The van der Waals surface area contributed by atoms with Gasteiger partial charge in [0.25, 0.3) is 0 Å². The molecule has 1 aromatic rings. The highest BCUT2D eigenvalue weighted by Crippen LogP contribution is 2.42. The summed E-state index contributed by atoms with van der Waals surface area (Å²) in [5.41, 5.74) is 0.0722. The van der Waals surface area contributed by atoms with Crippen LogP contribution in [0.3, 0.4) is 0 Å². The topological polar surface area (TPSA) is 156 Å². The number of hydrogen-bond acceptors (Lipinski definition) is 8. The van der Waals surface area contributed by atoms with E-state index in [1.807, 2.05) is 0 Å². The summed E-state index contributed by atoms with van der Waals surface area (Å²) < 4.78 is 25.3. The fourth-order valence-electron chi connectivity index (χ4n) is 1.88. The Bertz CT molecular complexity index is 562. The van der Waals surface area contributed by atoms with Gasteiger partial charge in [-0.3, -0.25) is 9.51 Å². The maximum absolute atomic E-state index is 11.9. The van der Waals surface area contributed by atoms with E-state index >= 15 is 0 Å². The van der Waals surface area contributed by atoms with Crippen LogP contribution in [0, 0.1) is 0 Å². The Morgan fingerprint density at radius 2 is 2.18 bits per heavy atom. The number of pyridine rings is 1. The predicted octanol–water partition coefficient (Wildman–Crippen LogP) is -1.21. The van der Waals surface area contributed by atoms with Crippen LogP contribution in [0.15, 0.2) is 24.5 Å². The van der Waals surface area contributed by atoms with Crippen LogP contribution in [0.4, 0.5) is 0 Å². The molecule has 0 spiro atoms. The molecule has 0 aromatic carbocycles. The van der Waals surface area contributed by atoms with Crippen LogP contribution < -0.4 is 0 Å². The van der Waals surface area contributed by atoms with Gasteiger partial charge in [0.15, 0.2) is 6.10 Å². The number of carbonyl (C=O) groups is 1. The van der Waals surface area contributed by atoms with E-state index in [2.05, 4.69) is 9.51 Å². The van der Waals surface area contributed by atoms with Gasteiger partial charge in [0.05, 0.1) is 12.2 Å². The molecular formula is C11H14NO9P. The number of carbonyl (C=O) groups excluding carboxylic acids is 1. The summed E-state index contributed by atoms with van der Waals surface area (Å²) in [5, 5.41) is 18.8. The summed E-state index contributed by atoms with van der Waals surface area (Å²) in [5.74, 6) is -0.886. The van der Waals surface area contributed by atoms with Gasteiger partial charge in [-0.25, -0.2) is 9.36 Å². The van der Waals surface area contributed by atoms with Crippen LogP contribution in [-0.4, -0.2) is 62.2 Å². The van der Waals surface area contributed by atoms with Crippen molar-refractivity contribution in [2.75, 3.05) is 6.61 Å². The SMILES string of the molecule is O=C(OC1O[C@H](CO)[C@@H](O)[C@H]1OP(=O)(O)O)c1cccnc1. The number of hydrogen-bond donors (Lipinski definition) is 4. The average Bonchev–Trinajstić information content (AvgIpc) is 2.75. The zero-order valence-corrected chi connectivity index (χ0v) is 11.9. The molecule has 4 atom stereocenters. The molecule has 1 fully saturated rings. The van der Waals surface area contributed by atoms with Crippen molar-refractivity contribution in [2.24, 2.45) is 0 Å². The lowest BCUT2D eigenvalue weighted by molar-refractivity contribution is -0.137. The fraction of sp³-hybridized carbons (Fsp3) is 0.455. The minimum absolute atomic E-state index is 0.0722. The highest BCUT2D eigenvalue weighted by molar-refractivity contribution is 7.46. The second-order valence-corrected chi connectivity index (χ2v) is 5.62. The Hall–Kier alpha value is -1.39. The van der Waals surface area contributed by atoms with Crippen LogP contribution in [-0.2, 0) is 18.6 Å². The van der Waals surface area contributed by atoms with Crippen LogP contribution in [0.2, 0.25) is 0 Å². The maximum Gasteiger partial charge on any atom is 0.470 e. The van der Waals surface area contributed by atoms with Crippen LogP contribution in [0.5, 0.6) is 0 Å². The van der Waals surface area contributed by atoms with Crippen molar-refractivity contribution in [3.63, 3.8) is 0 Å². The van der Waals surface area contributed by atoms with E-state index in [1.54, 1.807) is 0 Å². The number of aliphatic hydroxyl groups excluding tert-OH is 2. The van der Waals surface area contributed by atoms with Gasteiger partial charge in [0.1, 0.15) is 12.2 Å². The van der Waals surface area contributed by atoms with E-state index in [9.17, 15) is 14.5 Å². The highest BCUT2D eigenvalue weighted by atomic mass is 31.2. The predicted molar refractivity (Wildman–Crippen MR) is 68.3 cm³/mol. The van der Waals surface area contributed by atoms with Crippen molar-refractivity contribution in [1.82, 2.24) is 4.98 Å². The molecule has 2 rings (SSSR count). The number of esters is 1. The van der Waals surface area contributed by atoms with Crippen LogP contribution in [0.25, 0.3) is 0 Å². The van der Waals surface area contributed by atoms with Crippen molar-refractivity contribution in [3.8, 4) is 0 Å². The van der Waals surface area contributed by atoms with Crippen molar-refractivity contribution < 1.29 is 43.4 Å². The standard InChI is InChI=1S/C11H14NO9P/c13-5-7-8(14)9(21-22(16,17)18)11(19-7)20-10(15)6-2-1-3-12-4-6/h1-4,7-9,11,13-14H,5H2,(H2,16,17,18)/t7-,8-,9-,11?/m1/s1. The number of phosphoric ester groups is 1. The van der Waals surface area contributed by atoms with Gasteiger partial charge in [0, 0.05) is 12.4 Å². The number of aromatic nitrogens is 1. The van der Waals surface area contributed by atoms with E-state index in [-0.39, 0.29) is 5.56 Å². The largest absolute Gasteiger partial charge is 0.470 e. The Kier molecular flexibility index (Phi) is 5.24. The zero-order chi connectivity index (χ0) is 16.3. The van der Waals surface area contributed by atoms with Gasteiger partial charge in [-0.1, -0.05) is 0 Å². The molecule has 10 nitrogen and oxygen atoms in total. The van der Waals surface area contributed by atoms with Crippen molar-refractivity contribution >= 4 is 13.8 Å². The van der Waals surface area contributed by atoms with Gasteiger partial charge in [-0.15, -0.1) is 0 Å². The van der Waals surface area contributed by atoms with Crippen molar-refractivity contribution in [2.45, 2.75) is 24.6 Å². The molecule has 2 heterocycles. The molecule has 0 saturated carbocycles. The average molecular weight is 335 g/mol. The minimum Gasteiger partial charge on any atom is -0.429 e. The molecule has 1 aromatic heterocycles.